The highest BCUT2D eigenvalue weighted by Crippen LogP contribution is 2.23. The Morgan fingerprint density at radius 2 is 2.06 bits per heavy atom. The van der Waals surface area contributed by atoms with E-state index in [1.165, 1.54) is 23.1 Å². The molecule has 0 fully saturated rings. The highest BCUT2D eigenvalue weighted by molar-refractivity contribution is 6.31. The number of phenolic OH excluding ortho intramolecular Hbond substituents is 1. The minimum absolute atomic E-state index is 0.123. The van der Waals surface area contributed by atoms with Crippen molar-refractivity contribution in [3.63, 3.8) is 0 Å². The van der Waals surface area contributed by atoms with Crippen molar-refractivity contribution in [2.45, 2.75) is 19.4 Å². The van der Waals surface area contributed by atoms with Gasteiger partial charge in [0.15, 0.2) is 0 Å². The van der Waals surface area contributed by atoms with Crippen molar-refractivity contribution in [3.05, 3.63) is 28.8 Å². The Hall–Kier alpha value is -1.26. The molecule has 0 aliphatic rings. The van der Waals surface area contributed by atoms with Crippen molar-refractivity contribution in [2.75, 3.05) is 13.6 Å². The van der Waals surface area contributed by atoms with Gasteiger partial charge in [0.1, 0.15) is 5.75 Å². The van der Waals surface area contributed by atoms with Gasteiger partial charge < -0.3 is 15.1 Å². The van der Waals surface area contributed by atoms with E-state index in [1.807, 2.05) is 0 Å². The molecule has 0 aliphatic heterocycles. The molecule has 1 amide bonds. The second-order valence-electron chi connectivity index (χ2n) is 4.64. The summed E-state index contributed by atoms with van der Waals surface area (Å²) in [5.74, 6) is -0.505. The minimum atomic E-state index is -0.987. The maximum Gasteiger partial charge on any atom is 0.257 e. The Kier molecular flexibility index (Phi) is 4.01. The number of rotatable bonds is 3. The van der Waals surface area contributed by atoms with Gasteiger partial charge in [-0.2, -0.15) is 0 Å². The quantitative estimate of drug-likeness (QED) is 0.869. The molecule has 0 saturated heterocycles. The van der Waals surface area contributed by atoms with Crippen molar-refractivity contribution >= 4 is 17.5 Å². The highest BCUT2D eigenvalue weighted by atomic mass is 35.5. The molecule has 0 aromatic heterocycles. The number of hydrogen-bond acceptors (Lipinski definition) is 3. The average molecular weight is 258 g/mol. The number of halogens is 1. The summed E-state index contributed by atoms with van der Waals surface area (Å²) in [5, 5.41) is 19.6. The van der Waals surface area contributed by atoms with Crippen LogP contribution in [0.4, 0.5) is 0 Å². The van der Waals surface area contributed by atoms with Gasteiger partial charge in [0, 0.05) is 18.6 Å². The second kappa shape index (κ2) is 4.94. The lowest BCUT2D eigenvalue weighted by Crippen LogP contribution is -2.39. The van der Waals surface area contributed by atoms with Crippen LogP contribution in [0.15, 0.2) is 18.2 Å². The summed E-state index contributed by atoms with van der Waals surface area (Å²) < 4.78 is 0. The Balaban J connectivity index is 2.93. The molecular weight excluding hydrogens is 242 g/mol. The maximum absolute atomic E-state index is 12.0. The summed E-state index contributed by atoms with van der Waals surface area (Å²) >= 11 is 5.77. The van der Waals surface area contributed by atoms with Crippen LogP contribution in [0.1, 0.15) is 24.2 Å². The summed E-state index contributed by atoms with van der Waals surface area (Å²) in [6.07, 6.45) is 0. The average Bonchev–Trinajstić information content (AvgIpc) is 2.18. The van der Waals surface area contributed by atoms with Gasteiger partial charge in [-0.1, -0.05) is 11.6 Å². The van der Waals surface area contributed by atoms with E-state index in [9.17, 15) is 15.0 Å². The third-order valence-electron chi connectivity index (χ3n) is 2.16. The number of carbonyl (C=O) groups is 1. The molecule has 1 aromatic rings. The van der Waals surface area contributed by atoms with Gasteiger partial charge in [-0.25, -0.2) is 0 Å². The molecule has 4 nitrogen and oxygen atoms in total. The molecule has 0 saturated carbocycles. The standard InChI is InChI=1S/C12H16ClNO3/c1-12(2,17)7-14(3)11(16)9-6-8(13)4-5-10(9)15/h4-6,15,17H,7H2,1-3H3. The molecule has 0 atom stereocenters. The zero-order valence-corrected chi connectivity index (χ0v) is 10.8. The molecule has 0 aliphatic carbocycles. The second-order valence-corrected chi connectivity index (χ2v) is 5.07. The molecule has 17 heavy (non-hydrogen) atoms. The molecule has 0 unspecified atom stereocenters. The Morgan fingerprint density at radius 3 is 2.59 bits per heavy atom. The first-order chi connectivity index (χ1) is 7.70. The van der Waals surface area contributed by atoms with Gasteiger partial charge in [0.05, 0.1) is 11.2 Å². The molecule has 1 aromatic carbocycles. The number of likely N-dealkylation sites (N-methyl/N-ethyl adjacent to an activating group) is 1. The van der Waals surface area contributed by atoms with Crippen molar-refractivity contribution in [1.82, 2.24) is 4.90 Å². The summed E-state index contributed by atoms with van der Waals surface area (Å²) in [4.78, 5) is 13.3. The zero-order valence-electron chi connectivity index (χ0n) is 10.1. The predicted molar refractivity (Wildman–Crippen MR) is 66.4 cm³/mol. The summed E-state index contributed by atoms with van der Waals surface area (Å²) in [6, 6.07) is 4.28. The Morgan fingerprint density at radius 1 is 1.47 bits per heavy atom. The summed E-state index contributed by atoms with van der Waals surface area (Å²) in [5.41, 5.74) is -0.859. The van der Waals surface area contributed by atoms with E-state index in [2.05, 4.69) is 0 Å². The SMILES string of the molecule is CN(CC(C)(C)O)C(=O)c1cc(Cl)ccc1O. The van der Waals surface area contributed by atoms with Crippen LogP contribution >= 0.6 is 11.6 Å². The van der Waals surface area contributed by atoms with E-state index in [0.29, 0.717) is 5.02 Å². The number of aromatic hydroxyl groups is 1. The van der Waals surface area contributed by atoms with E-state index in [4.69, 9.17) is 11.6 Å². The fourth-order valence-corrected chi connectivity index (χ4v) is 1.71. The first-order valence-electron chi connectivity index (χ1n) is 5.17. The molecule has 0 bridgehead atoms. The third-order valence-corrected chi connectivity index (χ3v) is 2.39. The van der Waals surface area contributed by atoms with E-state index < -0.39 is 5.60 Å². The van der Waals surface area contributed by atoms with Crippen LogP contribution < -0.4 is 0 Å². The van der Waals surface area contributed by atoms with Crippen molar-refractivity contribution in [3.8, 4) is 5.75 Å². The monoisotopic (exact) mass is 257 g/mol. The van der Waals surface area contributed by atoms with Crippen LogP contribution in [-0.2, 0) is 0 Å². The number of aliphatic hydroxyl groups is 1. The number of phenols is 1. The molecule has 0 spiro atoms. The van der Waals surface area contributed by atoms with Crippen LogP contribution in [-0.4, -0.2) is 40.2 Å². The van der Waals surface area contributed by atoms with E-state index in [0.717, 1.165) is 0 Å². The molecule has 2 N–H and O–H groups in total. The summed E-state index contributed by atoms with van der Waals surface area (Å²) in [7, 11) is 1.56. The topological polar surface area (TPSA) is 60.8 Å². The third kappa shape index (κ3) is 3.91. The van der Waals surface area contributed by atoms with Gasteiger partial charge in [0.25, 0.3) is 5.91 Å². The van der Waals surface area contributed by atoms with Gasteiger partial charge in [0.2, 0.25) is 0 Å². The van der Waals surface area contributed by atoms with E-state index in [-0.39, 0.29) is 23.8 Å². The number of carbonyl (C=O) groups excluding carboxylic acids is 1. The van der Waals surface area contributed by atoms with Crippen LogP contribution in [0.2, 0.25) is 5.02 Å². The minimum Gasteiger partial charge on any atom is -0.507 e. The van der Waals surface area contributed by atoms with Gasteiger partial charge in [-0.3, -0.25) is 4.79 Å². The van der Waals surface area contributed by atoms with Crippen molar-refractivity contribution in [2.24, 2.45) is 0 Å². The van der Waals surface area contributed by atoms with Crippen LogP contribution in [0.5, 0.6) is 5.75 Å². The zero-order chi connectivity index (χ0) is 13.2. The smallest absolute Gasteiger partial charge is 0.257 e. The van der Waals surface area contributed by atoms with Gasteiger partial charge in [-0.15, -0.1) is 0 Å². The number of nitrogens with zero attached hydrogens (tertiary/aromatic N) is 1. The fourth-order valence-electron chi connectivity index (χ4n) is 1.54. The number of benzene rings is 1. The van der Waals surface area contributed by atoms with Crippen LogP contribution in [0.25, 0.3) is 0 Å². The normalized spacial score (nSPS) is 11.4. The van der Waals surface area contributed by atoms with Crippen molar-refractivity contribution in [1.29, 1.82) is 0 Å². The Labute approximate surface area is 105 Å². The summed E-state index contributed by atoms with van der Waals surface area (Å²) in [6.45, 7) is 3.38. The number of hydrogen-bond donors (Lipinski definition) is 2. The van der Waals surface area contributed by atoms with E-state index in [1.54, 1.807) is 20.9 Å². The first-order valence-corrected chi connectivity index (χ1v) is 5.55. The van der Waals surface area contributed by atoms with Gasteiger partial charge >= 0.3 is 0 Å². The maximum atomic E-state index is 12.0. The predicted octanol–water partition coefficient (Wildman–Crippen LogP) is 1.89. The molecule has 1 rings (SSSR count). The first kappa shape index (κ1) is 13.8. The Bertz CT molecular complexity index is 426. The molecule has 5 heteroatoms. The lowest BCUT2D eigenvalue weighted by molar-refractivity contribution is 0.0366. The highest BCUT2D eigenvalue weighted by Gasteiger charge is 2.22. The van der Waals surface area contributed by atoms with E-state index >= 15 is 0 Å². The van der Waals surface area contributed by atoms with Crippen LogP contribution in [0.3, 0.4) is 0 Å². The number of amides is 1. The van der Waals surface area contributed by atoms with Gasteiger partial charge in [-0.05, 0) is 32.0 Å². The molecule has 94 valence electrons. The molecular formula is C12H16ClNO3. The van der Waals surface area contributed by atoms with Crippen LogP contribution in [0, 0.1) is 0 Å². The van der Waals surface area contributed by atoms with Crippen molar-refractivity contribution < 1.29 is 15.0 Å². The largest absolute Gasteiger partial charge is 0.507 e. The fraction of sp³-hybridized carbons (Fsp3) is 0.417. The lowest BCUT2D eigenvalue weighted by Gasteiger charge is -2.25. The molecule has 0 heterocycles. The molecule has 0 radical (unpaired) electrons. The lowest BCUT2D eigenvalue weighted by atomic mass is 10.1.